The minimum absolute atomic E-state index is 0.104. The van der Waals surface area contributed by atoms with Crippen molar-refractivity contribution in [2.75, 3.05) is 0 Å². The Morgan fingerprint density at radius 2 is 1.81 bits per heavy atom. The molecule has 0 N–H and O–H groups in total. The van der Waals surface area contributed by atoms with E-state index >= 15 is 0 Å². The van der Waals surface area contributed by atoms with Gasteiger partial charge in [0.25, 0.3) is 0 Å². The van der Waals surface area contributed by atoms with Crippen molar-refractivity contribution in [2.45, 2.75) is 53.4 Å². The van der Waals surface area contributed by atoms with Crippen LogP contribution in [0.3, 0.4) is 0 Å². The number of nitrogens with zero attached hydrogens (tertiary/aromatic N) is 2. The summed E-state index contributed by atoms with van der Waals surface area (Å²) < 4.78 is 2.05. The Labute approximate surface area is 99.4 Å². The number of hydrogen-bond donors (Lipinski definition) is 0. The van der Waals surface area contributed by atoms with Gasteiger partial charge in [-0.2, -0.15) is 0 Å². The molecule has 0 bridgehead atoms. The van der Waals surface area contributed by atoms with Crippen molar-refractivity contribution in [2.24, 2.45) is 5.41 Å². The quantitative estimate of drug-likeness (QED) is 0.734. The Hall–Kier alpha value is -1.05. The molecule has 0 radical (unpaired) electrons. The van der Waals surface area contributed by atoms with E-state index < -0.39 is 0 Å². The molecule has 0 fully saturated rings. The lowest BCUT2D eigenvalue weighted by Gasteiger charge is -2.20. The lowest BCUT2D eigenvalue weighted by molar-refractivity contribution is 0.421. The molecule has 2 nitrogen and oxygen atoms in total. The van der Waals surface area contributed by atoms with Crippen LogP contribution in [0.1, 0.15) is 53.7 Å². The molecule has 0 aliphatic carbocycles. The summed E-state index contributed by atoms with van der Waals surface area (Å²) in [5, 5.41) is 0. The Morgan fingerprint density at radius 1 is 1.25 bits per heavy atom. The number of rotatable bonds is 2. The second-order valence-electron chi connectivity index (χ2n) is 6.72. The van der Waals surface area contributed by atoms with Gasteiger partial charge in [0.15, 0.2) is 0 Å². The van der Waals surface area contributed by atoms with Gasteiger partial charge < -0.3 is 4.57 Å². The van der Waals surface area contributed by atoms with Crippen LogP contribution in [-0.4, -0.2) is 9.55 Å². The predicted molar refractivity (Wildman–Crippen MR) is 70.3 cm³/mol. The molecule has 0 saturated carbocycles. The Balaban J connectivity index is 2.83. The van der Waals surface area contributed by atoms with Crippen molar-refractivity contribution in [1.29, 1.82) is 0 Å². The zero-order chi connectivity index (χ0) is 12.6. The maximum Gasteiger partial charge on any atom is 0.0992 e. The molecule has 90 valence electrons. The second-order valence-corrected chi connectivity index (χ2v) is 6.72. The van der Waals surface area contributed by atoms with Gasteiger partial charge in [0.05, 0.1) is 12.0 Å². The second kappa shape index (κ2) is 4.08. The fraction of sp³-hybridized carbons (Fsp3) is 0.643. The summed E-state index contributed by atoms with van der Waals surface area (Å²) in [6, 6.07) is 0. The highest BCUT2D eigenvalue weighted by Crippen LogP contribution is 2.27. The first-order valence-electron chi connectivity index (χ1n) is 5.82. The topological polar surface area (TPSA) is 17.8 Å². The molecule has 0 saturated heterocycles. The van der Waals surface area contributed by atoms with E-state index in [-0.39, 0.29) is 10.8 Å². The molecular formula is C14H24N2. The summed E-state index contributed by atoms with van der Waals surface area (Å²) in [6.45, 7) is 17.3. The first kappa shape index (κ1) is 13.0. The summed E-state index contributed by atoms with van der Waals surface area (Å²) in [6.07, 6.45) is 4.94. The van der Waals surface area contributed by atoms with Crippen molar-refractivity contribution in [3.05, 3.63) is 24.8 Å². The van der Waals surface area contributed by atoms with Crippen LogP contribution in [0.15, 0.2) is 19.1 Å². The molecule has 0 aromatic carbocycles. The van der Waals surface area contributed by atoms with Gasteiger partial charge in [0.2, 0.25) is 0 Å². The standard InChI is InChI=1S/C14H24N2/c1-11(8-13(2,3)4)16-9-12(15-10-16)14(5,6)7/h9-10H,1,8H2,2-7H3. The number of hydrogen-bond acceptors (Lipinski definition) is 1. The van der Waals surface area contributed by atoms with Gasteiger partial charge in [0, 0.05) is 17.3 Å². The van der Waals surface area contributed by atoms with Crippen molar-refractivity contribution in [3.8, 4) is 0 Å². The van der Waals surface area contributed by atoms with Gasteiger partial charge in [-0.05, 0) is 11.8 Å². The van der Waals surface area contributed by atoms with Crippen LogP contribution >= 0.6 is 0 Å². The van der Waals surface area contributed by atoms with E-state index in [1.54, 1.807) is 0 Å². The summed E-state index contributed by atoms with van der Waals surface area (Å²) in [7, 11) is 0. The monoisotopic (exact) mass is 220 g/mol. The van der Waals surface area contributed by atoms with Gasteiger partial charge in [-0.15, -0.1) is 0 Å². The maximum atomic E-state index is 4.44. The zero-order valence-electron chi connectivity index (χ0n) is 11.5. The Kier molecular flexibility index (Phi) is 3.32. The van der Waals surface area contributed by atoms with Crippen molar-refractivity contribution < 1.29 is 0 Å². The SMILES string of the molecule is C=C(CC(C)(C)C)n1cnc(C(C)(C)C)c1. The third-order valence-corrected chi connectivity index (χ3v) is 2.45. The molecule has 0 aliphatic rings. The minimum Gasteiger partial charge on any atom is -0.310 e. The third kappa shape index (κ3) is 3.51. The summed E-state index contributed by atoms with van der Waals surface area (Å²) >= 11 is 0. The first-order chi connectivity index (χ1) is 7.09. The van der Waals surface area contributed by atoms with Crippen molar-refractivity contribution in [3.63, 3.8) is 0 Å². The largest absolute Gasteiger partial charge is 0.310 e. The predicted octanol–water partition coefficient (Wildman–Crippen LogP) is 4.09. The lowest BCUT2D eigenvalue weighted by atomic mass is 9.90. The highest BCUT2D eigenvalue weighted by atomic mass is 15.0. The summed E-state index contributed by atoms with van der Waals surface area (Å²) in [4.78, 5) is 4.44. The molecule has 0 spiro atoms. The number of aromatic nitrogens is 2. The summed E-state index contributed by atoms with van der Waals surface area (Å²) in [5.74, 6) is 0. The molecule has 0 amide bonds. The molecule has 1 aromatic rings. The molecule has 16 heavy (non-hydrogen) atoms. The molecule has 0 aliphatic heterocycles. The Morgan fingerprint density at radius 3 is 2.19 bits per heavy atom. The average molecular weight is 220 g/mol. The molecule has 0 unspecified atom stereocenters. The fourth-order valence-corrected chi connectivity index (χ4v) is 1.59. The molecule has 2 heteroatoms. The van der Waals surface area contributed by atoms with E-state index in [4.69, 9.17) is 0 Å². The first-order valence-corrected chi connectivity index (χ1v) is 5.82. The minimum atomic E-state index is 0.104. The van der Waals surface area contributed by atoms with Gasteiger partial charge in [0.1, 0.15) is 0 Å². The molecule has 1 rings (SSSR count). The van der Waals surface area contributed by atoms with Crippen LogP contribution in [0, 0.1) is 5.41 Å². The van der Waals surface area contributed by atoms with E-state index in [0.717, 1.165) is 17.8 Å². The Bertz CT molecular complexity index is 372. The average Bonchev–Trinajstić information content (AvgIpc) is 2.46. The highest BCUT2D eigenvalue weighted by molar-refractivity contribution is 5.42. The van der Waals surface area contributed by atoms with Crippen LogP contribution < -0.4 is 0 Å². The molecule has 1 aromatic heterocycles. The zero-order valence-corrected chi connectivity index (χ0v) is 11.5. The molecule has 0 atom stereocenters. The smallest absolute Gasteiger partial charge is 0.0992 e. The van der Waals surface area contributed by atoms with Gasteiger partial charge in [-0.25, -0.2) is 4.98 Å². The van der Waals surface area contributed by atoms with E-state index in [1.807, 2.05) is 10.9 Å². The van der Waals surface area contributed by atoms with E-state index in [1.165, 1.54) is 0 Å². The van der Waals surface area contributed by atoms with E-state index in [2.05, 4.69) is 59.3 Å². The van der Waals surface area contributed by atoms with E-state index in [9.17, 15) is 0 Å². The van der Waals surface area contributed by atoms with Crippen molar-refractivity contribution >= 4 is 5.70 Å². The van der Waals surface area contributed by atoms with Gasteiger partial charge in [-0.3, -0.25) is 0 Å². The van der Waals surface area contributed by atoms with Crippen molar-refractivity contribution in [1.82, 2.24) is 9.55 Å². The van der Waals surface area contributed by atoms with Crippen LogP contribution in [0.5, 0.6) is 0 Å². The van der Waals surface area contributed by atoms with Crippen LogP contribution in [-0.2, 0) is 5.41 Å². The summed E-state index contributed by atoms with van der Waals surface area (Å²) in [5.41, 5.74) is 2.59. The number of allylic oxidation sites excluding steroid dienone is 1. The highest BCUT2D eigenvalue weighted by Gasteiger charge is 2.18. The van der Waals surface area contributed by atoms with Crippen LogP contribution in [0.25, 0.3) is 5.70 Å². The number of imidazole rings is 1. The molecule has 1 heterocycles. The maximum absolute atomic E-state index is 4.44. The van der Waals surface area contributed by atoms with Crippen LogP contribution in [0.4, 0.5) is 0 Å². The van der Waals surface area contributed by atoms with E-state index in [0.29, 0.717) is 0 Å². The fourth-order valence-electron chi connectivity index (χ4n) is 1.59. The van der Waals surface area contributed by atoms with Crippen LogP contribution in [0.2, 0.25) is 0 Å². The molecular weight excluding hydrogens is 196 g/mol. The third-order valence-electron chi connectivity index (χ3n) is 2.45. The normalized spacial score (nSPS) is 12.9. The lowest BCUT2D eigenvalue weighted by Crippen LogP contribution is -2.11. The van der Waals surface area contributed by atoms with Gasteiger partial charge >= 0.3 is 0 Å². The van der Waals surface area contributed by atoms with Gasteiger partial charge in [-0.1, -0.05) is 48.1 Å².